The molecule has 16 heavy (non-hydrogen) atoms. The van der Waals surface area contributed by atoms with E-state index in [2.05, 4.69) is 9.47 Å². The minimum Gasteiger partial charge on any atom is -0.413 e. The Morgan fingerprint density at radius 1 is 1.25 bits per heavy atom. The number of carbonyl (C=O) groups is 1. The van der Waals surface area contributed by atoms with Crippen molar-refractivity contribution in [2.45, 2.75) is 16.1 Å². The molecule has 1 N–H and O–H groups in total. The lowest BCUT2D eigenvalue weighted by Gasteiger charge is -2.29. The second kappa shape index (κ2) is 5.43. The molecule has 1 unspecified atom stereocenters. The summed E-state index contributed by atoms with van der Waals surface area (Å²) in [5.41, 5.74) is 0. The quantitative estimate of drug-likeness (QED) is 0.223. The molecule has 1 atom stereocenters. The van der Waals surface area contributed by atoms with Gasteiger partial charge in [0.15, 0.2) is 0 Å². The summed E-state index contributed by atoms with van der Waals surface area (Å²) in [7, 11) is 0. The standard InChI is InChI=1S/C5H3F5I2O4/c6-4(7,8)3(14,16-2(11)13)1-15-5(9,10)12/h14H,1H2. The number of carbonyl (C=O) groups excluding carboxylic acids is 1. The zero-order chi connectivity index (χ0) is 13.2. The lowest BCUT2D eigenvalue weighted by atomic mass is 10.3. The van der Waals surface area contributed by atoms with E-state index in [1.165, 1.54) is 0 Å². The van der Waals surface area contributed by atoms with Crippen molar-refractivity contribution in [1.82, 2.24) is 0 Å². The Hall–Kier alpha value is 0.500. The summed E-state index contributed by atoms with van der Waals surface area (Å²) in [6.45, 7) is -1.93. The molecule has 0 bridgehead atoms. The number of alkyl halides is 6. The first kappa shape index (κ1) is 16.5. The van der Waals surface area contributed by atoms with Crippen LogP contribution in [-0.2, 0) is 9.47 Å². The van der Waals surface area contributed by atoms with Gasteiger partial charge < -0.3 is 14.6 Å². The molecule has 0 aliphatic heterocycles. The van der Waals surface area contributed by atoms with Crippen molar-refractivity contribution in [3.8, 4) is 0 Å². The second-order valence-corrected chi connectivity index (χ2v) is 4.49. The Morgan fingerprint density at radius 2 is 1.69 bits per heavy atom. The summed E-state index contributed by atoms with van der Waals surface area (Å²) in [4.78, 5) is 10.3. The van der Waals surface area contributed by atoms with Gasteiger partial charge in [-0.3, -0.25) is 0 Å². The van der Waals surface area contributed by atoms with E-state index in [4.69, 9.17) is 5.11 Å². The summed E-state index contributed by atoms with van der Waals surface area (Å²) < 4.78 is 62.3. The van der Waals surface area contributed by atoms with Crippen LogP contribution in [0.25, 0.3) is 0 Å². The fourth-order valence-corrected chi connectivity index (χ4v) is 1.00. The van der Waals surface area contributed by atoms with Crippen LogP contribution < -0.4 is 0 Å². The maximum Gasteiger partial charge on any atom is 0.457 e. The third-order valence-corrected chi connectivity index (χ3v) is 1.66. The average molecular weight is 476 g/mol. The van der Waals surface area contributed by atoms with Gasteiger partial charge in [0.05, 0.1) is 22.6 Å². The van der Waals surface area contributed by atoms with Crippen LogP contribution in [0, 0.1) is 0 Å². The molecule has 11 heteroatoms. The molecule has 0 fully saturated rings. The first-order valence-electron chi connectivity index (χ1n) is 3.26. The third kappa shape index (κ3) is 5.72. The summed E-state index contributed by atoms with van der Waals surface area (Å²) in [5.74, 6) is -4.10. The van der Waals surface area contributed by atoms with Gasteiger partial charge in [-0.1, -0.05) is 0 Å². The van der Waals surface area contributed by atoms with Gasteiger partial charge >= 0.3 is 20.1 Å². The van der Waals surface area contributed by atoms with Gasteiger partial charge in [-0.15, -0.1) is 0 Å². The fourth-order valence-electron chi connectivity index (χ4n) is 0.482. The number of halogens is 7. The van der Waals surface area contributed by atoms with Gasteiger partial charge in [0, 0.05) is 22.6 Å². The lowest BCUT2D eigenvalue weighted by Crippen LogP contribution is -2.52. The van der Waals surface area contributed by atoms with E-state index in [-0.39, 0.29) is 0 Å². The van der Waals surface area contributed by atoms with Crippen LogP contribution >= 0.6 is 45.2 Å². The van der Waals surface area contributed by atoms with Crippen LogP contribution in [0.3, 0.4) is 0 Å². The largest absolute Gasteiger partial charge is 0.457 e. The van der Waals surface area contributed by atoms with E-state index >= 15 is 0 Å². The molecule has 0 radical (unpaired) electrons. The fraction of sp³-hybridized carbons (Fsp3) is 0.800. The van der Waals surface area contributed by atoms with Crippen LogP contribution in [0.2, 0.25) is 0 Å². The smallest absolute Gasteiger partial charge is 0.413 e. The number of aliphatic hydroxyl groups is 1. The van der Waals surface area contributed by atoms with E-state index in [0.717, 1.165) is 22.6 Å². The first-order valence-corrected chi connectivity index (χ1v) is 5.41. The second-order valence-electron chi connectivity index (χ2n) is 2.36. The molecule has 0 saturated carbocycles. The highest BCUT2D eigenvalue weighted by Crippen LogP contribution is 2.35. The summed E-state index contributed by atoms with van der Waals surface area (Å²) in [6, 6.07) is 0. The van der Waals surface area contributed by atoms with E-state index < -0.39 is 26.7 Å². The van der Waals surface area contributed by atoms with E-state index in [9.17, 15) is 26.7 Å². The molecule has 4 nitrogen and oxygen atoms in total. The number of rotatable bonds is 4. The van der Waals surface area contributed by atoms with Gasteiger partial charge in [-0.05, 0) is 0 Å². The van der Waals surface area contributed by atoms with E-state index in [1.807, 2.05) is 0 Å². The highest BCUT2D eigenvalue weighted by molar-refractivity contribution is 14.1. The normalized spacial score (nSPS) is 16.8. The molecule has 0 spiro atoms. The Bertz CT molecular complexity index is 265. The van der Waals surface area contributed by atoms with Crippen molar-refractivity contribution in [3.63, 3.8) is 0 Å². The van der Waals surface area contributed by atoms with E-state index in [0.29, 0.717) is 22.6 Å². The van der Waals surface area contributed by atoms with Gasteiger partial charge in [0.1, 0.15) is 6.61 Å². The lowest BCUT2D eigenvalue weighted by molar-refractivity contribution is -0.366. The minimum absolute atomic E-state index is 0.402. The summed E-state index contributed by atoms with van der Waals surface area (Å²) >= 11 is 1.20. The molecule has 0 aromatic heterocycles. The van der Waals surface area contributed by atoms with Crippen molar-refractivity contribution in [2.75, 3.05) is 6.61 Å². The molecule has 0 aromatic carbocycles. The Labute approximate surface area is 113 Å². The van der Waals surface area contributed by atoms with Gasteiger partial charge in [0.2, 0.25) is 0 Å². The van der Waals surface area contributed by atoms with Crippen molar-refractivity contribution in [1.29, 1.82) is 0 Å². The molecular weight excluding hydrogens is 473 g/mol. The van der Waals surface area contributed by atoms with Gasteiger partial charge in [-0.25, -0.2) is 4.79 Å². The van der Waals surface area contributed by atoms with Crippen LogP contribution in [0.1, 0.15) is 0 Å². The van der Waals surface area contributed by atoms with Crippen LogP contribution in [-0.4, -0.2) is 31.8 Å². The van der Waals surface area contributed by atoms with Crippen molar-refractivity contribution in [2.24, 2.45) is 0 Å². The maximum atomic E-state index is 12.2. The van der Waals surface area contributed by atoms with Crippen LogP contribution in [0.5, 0.6) is 0 Å². The Balaban J connectivity index is 4.75. The Kier molecular flexibility index (Phi) is 5.60. The van der Waals surface area contributed by atoms with Crippen molar-refractivity contribution in [3.05, 3.63) is 0 Å². The van der Waals surface area contributed by atoms with Crippen molar-refractivity contribution >= 4 is 49.2 Å². The summed E-state index contributed by atoms with van der Waals surface area (Å²) in [6.07, 6.45) is -5.45. The molecule has 96 valence electrons. The molecule has 0 aromatic rings. The zero-order valence-corrected chi connectivity index (χ0v) is 11.3. The Morgan fingerprint density at radius 3 is 1.94 bits per heavy atom. The van der Waals surface area contributed by atoms with Gasteiger partial charge in [0.25, 0.3) is 0 Å². The predicted molar refractivity (Wildman–Crippen MR) is 56.4 cm³/mol. The summed E-state index contributed by atoms with van der Waals surface area (Å²) in [5, 5.41) is 8.85. The molecule has 0 rings (SSSR count). The SMILES string of the molecule is O=C(I)OC(O)(COC(F)(F)I)C(F)(F)F. The maximum absolute atomic E-state index is 12.2. The number of hydrogen-bond acceptors (Lipinski definition) is 4. The molecule has 0 aliphatic rings. The van der Waals surface area contributed by atoms with Crippen LogP contribution in [0.4, 0.5) is 26.7 Å². The topological polar surface area (TPSA) is 55.8 Å². The average Bonchev–Trinajstić information content (AvgIpc) is 1.96. The molecule has 0 amide bonds. The zero-order valence-electron chi connectivity index (χ0n) is 7.02. The van der Waals surface area contributed by atoms with Gasteiger partial charge in [-0.2, -0.15) is 22.0 Å². The van der Waals surface area contributed by atoms with E-state index in [1.54, 1.807) is 0 Å². The monoisotopic (exact) mass is 476 g/mol. The highest BCUT2D eigenvalue weighted by Gasteiger charge is 2.59. The van der Waals surface area contributed by atoms with Crippen molar-refractivity contribution < 1.29 is 41.3 Å². The molecule has 0 heterocycles. The minimum atomic E-state index is -5.45. The molecule has 0 saturated heterocycles. The van der Waals surface area contributed by atoms with Crippen LogP contribution in [0.15, 0.2) is 0 Å². The first-order chi connectivity index (χ1) is 6.87. The predicted octanol–water partition coefficient (Wildman–Crippen LogP) is 2.81. The number of ether oxygens (including phenoxy) is 2. The third-order valence-electron chi connectivity index (χ3n) is 1.12. The molecule has 0 aliphatic carbocycles. The number of hydrogen-bond donors (Lipinski definition) is 1. The molecular formula is C5H3F5I2O4. The highest BCUT2D eigenvalue weighted by atomic mass is 127.